The Morgan fingerprint density at radius 1 is 1.00 bits per heavy atom. The number of hydrogen-bond acceptors (Lipinski definition) is 3. The normalized spacial score (nSPS) is 10.3. The van der Waals surface area contributed by atoms with Crippen LogP contribution in [0.5, 0.6) is 0 Å². The molecule has 0 aliphatic heterocycles. The van der Waals surface area contributed by atoms with Gasteiger partial charge in [-0.1, -0.05) is 12.1 Å². The minimum atomic E-state index is -0.447. The molecular weight excluding hydrogens is 323 g/mol. The number of halogens is 1. The molecule has 0 atom stereocenters. The van der Waals surface area contributed by atoms with E-state index in [1.807, 2.05) is 0 Å². The van der Waals surface area contributed by atoms with Gasteiger partial charge in [-0.15, -0.1) is 0 Å². The Morgan fingerprint density at radius 3 is 2.44 bits per heavy atom. The molecule has 0 radical (unpaired) electrons. The average Bonchev–Trinajstić information content (AvgIpc) is 3.12. The molecule has 7 heteroatoms. The molecule has 0 unspecified atom stereocenters. The molecular formula is C18H15FN4O2. The van der Waals surface area contributed by atoms with Gasteiger partial charge in [-0.05, 0) is 42.5 Å². The Morgan fingerprint density at radius 2 is 1.72 bits per heavy atom. The van der Waals surface area contributed by atoms with E-state index in [9.17, 15) is 14.0 Å². The quantitative estimate of drug-likeness (QED) is 0.768. The number of carbonyl (C=O) groups is 2. The zero-order valence-corrected chi connectivity index (χ0v) is 13.4. The van der Waals surface area contributed by atoms with Crippen LogP contribution in [0.3, 0.4) is 0 Å². The molecule has 2 amide bonds. The smallest absolute Gasteiger partial charge is 0.276 e. The van der Waals surface area contributed by atoms with Crippen LogP contribution in [0.4, 0.5) is 10.1 Å². The van der Waals surface area contributed by atoms with Crippen molar-refractivity contribution in [2.75, 3.05) is 12.4 Å². The lowest BCUT2D eigenvalue weighted by molar-refractivity contribution is 0.0964. The van der Waals surface area contributed by atoms with Crippen molar-refractivity contribution in [3.05, 3.63) is 77.9 Å². The highest BCUT2D eigenvalue weighted by Gasteiger charge is 2.15. The first-order valence-electron chi connectivity index (χ1n) is 7.52. The maximum atomic E-state index is 13.0. The van der Waals surface area contributed by atoms with Gasteiger partial charge in [-0.2, -0.15) is 5.10 Å². The Balaban J connectivity index is 1.81. The molecule has 2 N–H and O–H groups in total. The Labute approximate surface area is 143 Å². The van der Waals surface area contributed by atoms with E-state index in [-0.39, 0.29) is 17.4 Å². The van der Waals surface area contributed by atoms with E-state index in [4.69, 9.17) is 0 Å². The molecule has 126 valence electrons. The maximum absolute atomic E-state index is 13.0. The highest BCUT2D eigenvalue weighted by atomic mass is 19.1. The van der Waals surface area contributed by atoms with Crippen LogP contribution in [0.1, 0.15) is 20.8 Å². The molecule has 0 spiro atoms. The zero-order valence-electron chi connectivity index (χ0n) is 13.4. The number of nitrogens with one attached hydrogen (secondary N) is 2. The number of rotatable bonds is 4. The third-order valence-corrected chi connectivity index (χ3v) is 3.56. The first-order chi connectivity index (χ1) is 12.1. The van der Waals surface area contributed by atoms with E-state index in [0.29, 0.717) is 16.9 Å². The summed E-state index contributed by atoms with van der Waals surface area (Å²) in [5, 5.41) is 9.39. The van der Waals surface area contributed by atoms with Gasteiger partial charge in [0.1, 0.15) is 5.82 Å². The van der Waals surface area contributed by atoms with Gasteiger partial charge in [0.2, 0.25) is 0 Å². The van der Waals surface area contributed by atoms with Crippen molar-refractivity contribution in [3.8, 4) is 5.69 Å². The molecule has 0 aliphatic carbocycles. The van der Waals surface area contributed by atoms with Crippen LogP contribution < -0.4 is 10.6 Å². The number of aromatic nitrogens is 2. The highest BCUT2D eigenvalue weighted by molar-refractivity contribution is 6.08. The monoisotopic (exact) mass is 338 g/mol. The van der Waals surface area contributed by atoms with Crippen molar-refractivity contribution < 1.29 is 14.0 Å². The van der Waals surface area contributed by atoms with Crippen LogP contribution in [0, 0.1) is 5.82 Å². The Bertz CT molecular complexity index is 919. The molecule has 0 saturated carbocycles. The summed E-state index contributed by atoms with van der Waals surface area (Å²) in [6.45, 7) is 0. The highest BCUT2D eigenvalue weighted by Crippen LogP contribution is 2.16. The van der Waals surface area contributed by atoms with Crippen LogP contribution in [0.25, 0.3) is 5.69 Å². The molecule has 1 heterocycles. The van der Waals surface area contributed by atoms with Crippen molar-refractivity contribution in [3.63, 3.8) is 0 Å². The number of para-hydroxylation sites is 1. The zero-order chi connectivity index (χ0) is 17.8. The molecule has 3 aromatic rings. The molecule has 0 saturated heterocycles. The fourth-order valence-corrected chi connectivity index (χ4v) is 2.29. The van der Waals surface area contributed by atoms with Crippen LogP contribution in [0.2, 0.25) is 0 Å². The van der Waals surface area contributed by atoms with Crippen LogP contribution in [-0.4, -0.2) is 28.6 Å². The summed E-state index contributed by atoms with van der Waals surface area (Å²) in [6.07, 6.45) is 1.60. The lowest BCUT2D eigenvalue weighted by Gasteiger charge is -2.09. The molecule has 2 aromatic carbocycles. The lowest BCUT2D eigenvalue weighted by Crippen LogP contribution is -2.21. The van der Waals surface area contributed by atoms with Gasteiger partial charge >= 0.3 is 0 Å². The number of anilines is 1. The third kappa shape index (κ3) is 3.55. The summed E-state index contributed by atoms with van der Waals surface area (Å²) in [6, 6.07) is 14.0. The first kappa shape index (κ1) is 16.4. The Kier molecular flexibility index (Phi) is 4.56. The van der Waals surface area contributed by atoms with Gasteiger partial charge in [0.25, 0.3) is 11.8 Å². The molecule has 0 bridgehead atoms. The standard InChI is InChI=1S/C18H15FN4O2/c1-20-17(24)14-4-2-3-5-15(14)21-18(25)16-10-11-23(22-16)13-8-6-12(19)7-9-13/h2-11H,1H3,(H,20,24)(H,21,25). The van der Waals surface area contributed by atoms with Crippen LogP contribution in [0.15, 0.2) is 60.8 Å². The second-order valence-electron chi connectivity index (χ2n) is 5.20. The summed E-state index contributed by atoms with van der Waals surface area (Å²) in [4.78, 5) is 24.3. The number of nitrogens with zero attached hydrogens (tertiary/aromatic N) is 2. The van der Waals surface area contributed by atoms with E-state index in [0.717, 1.165) is 0 Å². The van der Waals surface area contributed by atoms with Gasteiger partial charge in [0, 0.05) is 13.2 Å². The second kappa shape index (κ2) is 6.96. The molecule has 25 heavy (non-hydrogen) atoms. The van der Waals surface area contributed by atoms with Crippen molar-refractivity contribution in [1.82, 2.24) is 15.1 Å². The van der Waals surface area contributed by atoms with Crippen molar-refractivity contribution in [2.24, 2.45) is 0 Å². The molecule has 1 aromatic heterocycles. The van der Waals surface area contributed by atoms with Gasteiger partial charge in [-0.3, -0.25) is 9.59 Å². The summed E-state index contributed by atoms with van der Waals surface area (Å²) in [5.74, 6) is -1.09. The fraction of sp³-hybridized carbons (Fsp3) is 0.0556. The predicted octanol–water partition coefficient (Wildman–Crippen LogP) is 2.62. The number of benzene rings is 2. The summed E-state index contributed by atoms with van der Waals surface area (Å²) >= 11 is 0. The minimum Gasteiger partial charge on any atom is -0.355 e. The maximum Gasteiger partial charge on any atom is 0.276 e. The van der Waals surface area contributed by atoms with Gasteiger partial charge in [0.05, 0.1) is 16.9 Å². The minimum absolute atomic E-state index is 0.177. The number of amides is 2. The molecule has 6 nitrogen and oxygen atoms in total. The molecule has 0 aliphatic rings. The van der Waals surface area contributed by atoms with Crippen molar-refractivity contribution in [2.45, 2.75) is 0 Å². The average molecular weight is 338 g/mol. The summed E-state index contributed by atoms with van der Waals surface area (Å²) in [5.41, 5.74) is 1.56. The van der Waals surface area contributed by atoms with E-state index >= 15 is 0 Å². The Hall–Kier alpha value is -3.48. The van der Waals surface area contributed by atoms with E-state index in [1.54, 1.807) is 48.7 Å². The number of hydrogen-bond donors (Lipinski definition) is 2. The van der Waals surface area contributed by atoms with Crippen LogP contribution in [-0.2, 0) is 0 Å². The van der Waals surface area contributed by atoms with E-state index in [1.165, 1.54) is 23.9 Å². The molecule has 0 fully saturated rings. The van der Waals surface area contributed by atoms with Gasteiger partial charge in [-0.25, -0.2) is 9.07 Å². The van der Waals surface area contributed by atoms with Gasteiger partial charge < -0.3 is 10.6 Å². The largest absolute Gasteiger partial charge is 0.355 e. The SMILES string of the molecule is CNC(=O)c1ccccc1NC(=O)c1ccn(-c2ccc(F)cc2)n1. The molecule has 3 rings (SSSR count). The first-order valence-corrected chi connectivity index (χ1v) is 7.52. The number of carbonyl (C=O) groups excluding carboxylic acids is 2. The van der Waals surface area contributed by atoms with Crippen molar-refractivity contribution in [1.29, 1.82) is 0 Å². The second-order valence-corrected chi connectivity index (χ2v) is 5.20. The van der Waals surface area contributed by atoms with Crippen LogP contribution >= 0.6 is 0 Å². The van der Waals surface area contributed by atoms with Crippen molar-refractivity contribution >= 4 is 17.5 Å². The predicted molar refractivity (Wildman–Crippen MR) is 91.3 cm³/mol. The fourth-order valence-electron chi connectivity index (χ4n) is 2.29. The summed E-state index contributed by atoms with van der Waals surface area (Å²) in [7, 11) is 1.52. The lowest BCUT2D eigenvalue weighted by atomic mass is 10.1. The summed E-state index contributed by atoms with van der Waals surface area (Å²) < 4.78 is 14.5. The van der Waals surface area contributed by atoms with Gasteiger partial charge in [0.15, 0.2) is 5.69 Å². The third-order valence-electron chi connectivity index (χ3n) is 3.56. The van der Waals surface area contributed by atoms with E-state index in [2.05, 4.69) is 15.7 Å². The van der Waals surface area contributed by atoms with E-state index < -0.39 is 5.91 Å². The topological polar surface area (TPSA) is 76.0 Å².